The molecule has 2 aromatic rings. The molecule has 0 aliphatic rings. The fourth-order valence-electron chi connectivity index (χ4n) is 1.53. The largest absolute Gasteiger partial charge is 0.475 e. The van der Waals surface area contributed by atoms with Gasteiger partial charge >= 0.3 is 11.9 Å². The summed E-state index contributed by atoms with van der Waals surface area (Å²) >= 11 is 0. The highest BCUT2D eigenvalue weighted by Gasteiger charge is 2.12. The first kappa shape index (κ1) is 11.9. The molecular formula is C13H10O5. The van der Waals surface area contributed by atoms with Crippen molar-refractivity contribution in [3.8, 4) is 11.3 Å². The van der Waals surface area contributed by atoms with Gasteiger partial charge in [0.2, 0.25) is 5.76 Å². The van der Waals surface area contributed by atoms with Crippen LogP contribution in [0.25, 0.3) is 11.3 Å². The molecule has 0 amide bonds. The summed E-state index contributed by atoms with van der Waals surface area (Å²) in [5.74, 6) is -1.35. The van der Waals surface area contributed by atoms with Crippen LogP contribution in [0.3, 0.4) is 0 Å². The topological polar surface area (TPSA) is 76.7 Å². The number of aromatic carboxylic acids is 1. The molecule has 1 aromatic carbocycles. The average molecular weight is 246 g/mol. The predicted molar refractivity (Wildman–Crippen MR) is 62.4 cm³/mol. The maximum atomic E-state index is 11.4. The molecule has 0 bridgehead atoms. The molecule has 18 heavy (non-hydrogen) atoms. The van der Waals surface area contributed by atoms with Crippen LogP contribution in [-0.2, 0) is 4.74 Å². The van der Waals surface area contributed by atoms with Crippen molar-refractivity contribution in [2.75, 3.05) is 7.11 Å². The minimum absolute atomic E-state index is 0.145. The van der Waals surface area contributed by atoms with Crippen molar-refractivity contribution in [2.24, 2.45) is 0 Å². The van der Waals surface area contributed by atoms with E-state index in [1.807, 2.05) is 0 Å². The Hall–Kier alpha value is -2.56. The summed E-state index contributed by atoms with van der Waals surface area (Å²) in [4.78, 5) is 22.1. The van der Waals surface area contributed by atoms with E-state index >= 15 is 0 Å². The van der Waals surface area contributed by atoms with E-state index in [-0.39, 0.29) is 5.76 Å². The van der Waals surface area contributed by atoms with Crippen LogP contribution in [0.5, 0.6) is 0 Å². The highest BCUT2D eigenvalue weighted by atomic mass is 16.5. The fraction of sp³-hybridized carbons (Fsp3) is 0.0769. The van der Waals surface area contributed by atoms with Crippen molar-refractivity contribution in [3.63, 3.8) is 0 Å². The molecule has 0 fully saturated rings. The van der Waals surface area contributed by atoms with E-state index in [1.165, 1.54) is 13.2 Å². The number of esters is 1. The van der Waals surface area contributed by atoms with Gasteiger partial charge in [-0.2, -0.15) is 0 Å². The van der Waals surface area contributed by atoms with Crippen LogP contribution < -0.4 is 0 Å². The van der Waals surface area contributed by atoms with E-state index in [0.717, 1.165) is 0 Å². The molecule has 1 heterocycles. The minimum Gasteiger partial charge on any atom is -0.475 e. The Morgan fingerprint density at radius 1 is 1.22 bits per heavy atom. The number of rotatable bonds is 3. The van der Waals surface area contributed by atoms with Gasteiger partial charge in [-0.05, 0) is 24.3 Å². The highest BCUT2D eigenvalue weighted by molar-refractivity contribution is 5.91. The Bertz CT molecular complexity index is 597. The van der Waals surface area contributed by atoms with Gasteiger partial charge < -0.3 is 14.3 Å². The zero-order valence-corrected chi connectivity index (χ0v) is 9.54. The monoisotopic (exact) mass is 246 g/mol. The molecule has 0 atom stereocenters. The lowest BCUT2D eigenvalue weighted by molar-refractivity contribution is 0.0599. The lowest BCUT2D eigenvalue weighted by Gasteiger charge is -2.01. The third kappa shape index (κ3) is 2.24. The van der Waals surface area contributed by atoms with Crippen molar-refractivity contribution in [1.29, 1.82) is 0 Å². The zero-order chi connectivity index (χ0) is 13.1. The third-order valence-corrected chi connectivity index (χ3v) is 2.38. The first-order valence-corrected chi connectivity index (χ1v) is 5.13. The maximum Gasteiger partial charge on any atom is 0.371 e. The molecular weight excluding hydrogens is 236 g/mol. The Balaban J connectivity index is 2.38. The van der Waals surface area contributed by atoms with Crippen LogP contribution >= 0.6 is 0 Å². The standard InChI is InChI=1S/C13H10O5/c1-17-13(16)9-4-2-3-8(7-9)10-5-6-11(18-10)12(14)15/h2-7H,1H3,(H,14,15). The number of carbonyl (C=O) groups is 2. The number of ether oxygens (including phenoxy) is 1. The van der Waals surface area contributed by atoms with Gasteiger partial charge in [-0.15, -0.1) is 0 Å². The summed E-state index contributed by atoms with van der Waals surface area (Å²) in [5.41, 5.74) is 0.994. The quantitative estimate of drug-likeness (QED) is 0.841. The van der Waals surface area contributed by atoms with E-state index in [0.29, 0.717) is 16.9 Å². The predicted octanol–water partition coefficient (Wildman–Crippen LogP) is 2.43. The van der Waals surface area contributed by atoms with Crippen LogP contribution in [-0.4, -0.2) is 24.2 Å². The molecule has 1 N–H and O–H groups in total. The average Bonchev–Trinajstić information content (AvgIpc) is 2.88. The number of carbonyl (C=O) groups excluding carboxylic acids is 1. The maximum absolute atomic E-state index is 11.4. The molecule has 0 radical (unpaired) electrons. The van der Waals surface area contributed by atoms with Crippen molar-refractivity contribution < 1.29 is 23.8 Å². The molecule has 0 unspecified atom stereocenters. The van der Waals surface area contributed by atoms with E-state index in [9.17, 15) is 9.59 Å². The Kier molecular flexibility index (Phi) is 3.14. The normalized spacial score (nSPS) is 10.1. The van der Waals surface area contributed by atoms with E-state index in [1.54, 1.807) is 30.3 Å². The lowest BCUT2D eigenvalue weighted by Crippen LogP contribution is -2.00. The molecule has 0 spiro atoms. The lowest BCUT2D eigenvalue weighted by atomic mass is 10.1. The minimum atomic E-state index is -1.13. The Morgan fingerprint density at radius 3 is 2.61 bits per heavy atom. The fourth-order valence-corrected chi connectivity index (χ4v) is 1.53. The molecule has 0 saturated carbocycles. The second-order valence-corrected chi connectivity index (χ2v) is 3.54. The Labute approximate surface area is 103 Å². The van der Waals surface area contributed by atoms with Gasteiger partial charge in [0.15, 0.2) is 0 Å². The van der Waals surface area contributed by atoms with Gasteiger partial charge in [0.25, 0.3) is 0 Å². The number of benzene rings is 1. The van der Waals surface area contributed by atoms with Crippen LogP contribution in [0.4, 0.5) is 0 Å². The second-order valence-electron chi connectivity index (χ2n) is 3.54. The summed E-state index contributed by atoms with van der Waals surface area (Å²) in [5, 5.41) is 8.76. The number of methoxy groups -OCH3 is 1. The molecule has 0 saturated heterocycles. The molecule has 0 aliphatic carbocycles. The molecule has 0 aliphatic heterocycles. The first-order valence-electron chi connectivity index (χ1n) is 5.13. The number of carboxylic acid groups (broad SMARTS) is 1. The number of furan rings is 1. The molecule has 1 aromatic heterocycles. The highest BCUT2D eigenvalue weighted by Crippen LogP contribution is 2.23. The van der Waals surface area contributed by atoms with Crippen molar-refractivity contribution in [1.82, 2.24) is 0 Å². The van der Waals surface area contributed by atoms with E-state index in [2.05, 4.69) is 4.74 Å². The zero-order valence-electron chi connectivity index (χ0n) is 9.54. The van der Waals surface area contributed by atoms with Crippen LogP contribution in [0.15, 0.2) is 40.8 Å². The second kappa shape index (κ2) is 4.75. The van der Waals surface area contributed by atoms with Gasteiger partial charge in [-0.25, -0.2) is 9.59 Å². The van der Waals surface area contributed by atoms with Crippen LogP contribution in [0, 0.1) is 0 Å². The number of hydrogen-bond donors (Lipinski definition) is 1. The van der Waals surface area contributed by atoms with Gasteiger partial charge in [0.05, 0.1) is 12.7 Å². The summed E-state index contributed by atoms with van der Waals surface area (Å²) in [6.07, 6.45) is 0. The van der Waals surface area contributed by atoms with Crippen LogP contribution in [0.1, 0.15) is 20.9 Å². The third-order valence-electron chi connectivity index (χ3n) is 2.38. The van der Waals surface area contributed by atoms with Gasteiger partial charge in [-0.3, -0.25) is 0 Å². The SMILES string of the molecule is COC(=O)c1cccc(-c2ccc(C(=O)O)o2)c1. The molecule has 2 rings (SSSR count). The van der Waals surface area contributed by atoms with Crippen molar-refractivity contribution in [3.05, 3.63) is 47.7 Å². The number of hydrogen-bond acceptors (Lipinski definition) is 4. The van der Waals surface area contributed by atoms with E-state index in [4.69, 9.17) is 9.52 Å². The van der Waals surface area contributed by atoms with E-state index < -0.39 is 11.9 Å². The molecule has 5 nitrogen and oxygen atoms in total. The molecule has 92 valence electrons. The van der Waals surface area contributed by atoms with Gasteiger partial charge in [-0.1, -0.05) is 12.1 Å². The summed E-state index contributed by atoms with van der Waals surface area (Å²) in [6, 6.07) is 9.48. The number of carboxylic acids is 1. The summed E-state index contributed by atoms with van der Waals surface area (Å²) in [6.45, 7) is 0. The Morgan fingerprint density at radius 2 is 2.00 bits per heavy atom. The van der Waals surface area contributed by atoms with Crippen molar-refractivity contribution >= 4 is 11.9 Å². The smallest absolute Gasteiger partial charge is 0.371 e. The molecule has 5 heteroatoms. The van der Waals surface area contributed by atoms with Crippen LogP contribution in [0.2, 0.25) is 0 Å². The van der Waals surface area contributed by atoms with Crippen molar-refractivity contribution in [2.45, 2.75) is 0 Å². The summed E-state index contributed by atoms with van der Waals surface area (Å²) < 4.78 is 9.75. The van der Waals surface area contributed by atoms with Gasteiger partial charge in [0, 0.05) is 5.56 Å². The summed E-state index contributed by atoms with van der Waals surface area (Å²) in [7, 11) is 1.30. The van der Waals surface area contributed by atoms with Gasteiger partial charge in [0.1, 0.15) is 5.76 Å². The first-order chi connectivity index (χ1) is 8.61.